The standard InChI is InChI=1S/C18H29N3O3/c1-15-4-6-16(7-5-15)24-13-10-20-17(19-2)21-14-18(22-3)8-11-23-12-9-18/h4-7H,8-14H2,1-3H3,(H2,19,20,21). The smallest absolute Gasteiger partial charge is 0.191 e. The van der Waals surface area contributed by atoms with E-state index >= 15 is 0 Å². The highest BCUT2D eigenvalue weighted by Crippen LogP contribution is 2.23. The molecule has 1 aromatic carbocycles. The first-order valence-electron chi connectivity index (χ1n) is 8.44. The average molecular weight is 335 g/mol. The normalized spacial score (nSPS) is 17.4. The van der Waals surface area contributed by atoms with Crippen LogP contribution < -0.4 is 15.4 Å². The molecule has 0 bridgehead atoms. The zero-order valence-corrected chi connectivity index (χ0v) is 14.9. The molecule has 1 fully saturated rings. The van der Waals surface area contributed by atoms with Gasteiger partial charge in [0.25, 0.3) is 0 Å². The molecule has 2 N–H and O–H groups in total. The number of nitrogens with one attached hydrogen (secondary N) is 2. The van der Waals surface area contributed by atoms with Gasteiger partial charge in [-0.15, -0.1) is 0 Å². The largest absolute Gasteiger partial charge is 0.492 e. The molecule has 0 spiro atoms. The van der Waals surface area contributed by atoms with Gasteiger partial charge in [-0.1, -0.05) is 17.7 Å². The van der Waals surface area contributed by atoms with Crippen molar-refractivity contribution >= 4 is 5.96 Å². The summed E-state index contributed by atoms with van der Waals surface area (Å²) in [6.45, 7) is 5.51. The van der Waals surface area contributed by atoms with Gasteiger partial charge in [-0.05, 0) is 19.1 Å². The summed E-state index contributed by atoms with van der Waals surface area (Å²) in [5.41, 5.74) is 1.05. The Morgan fingerprint density at radius 1 is 1.21 bits per heavy atom. The zero-order chi connectivity index (χ0) is 17.3. The van der Waals surface area contributed by atoms with Crippen LogP contribution in [0.1, 0.15) is 18.4 Å². The summed E-state index contributed by atoms with van der Waals surface area (Å²) in [7, 11) is 3.53. The molecule has 1 aliphatic heterocycles. The molecular weight excluding hydrogens is 306 g/mol. The molecule has 0 atom stereocenters. The third kappa shape index (κ3) is 5.69. The quantitative estimate of drug-likeness (QED) is 0.451. The van der Waals surface area contributed by atoms with Gasteiger partial charge in [-0.3, -0.25) is 4.99 Å². The summed E-state index contributed by atoms with van der Waals surface area (Å²) in [6, 6.07) is 8.05. The van der Waals surface area contributed by atoms with E-state index in [4.69, 9.17) is 14.2 Å². The Morgan fingerprint density at radius 2 is 1.92 bits per heavy atom. The van der Waals surface area contributed by atoms with Crippen LogP contribution in [0, 0.1) is 6.92 Å². The van der Waals surface area contributed by atoms with Crippen molar-refractivity contribution in [3.63, 3.8) is 0 Å². The first kappa shape index (κ1) is 18.5. The maximum Gasteiger partial charge on any atom is 0.191 e. The molecule has 0 radical (unpaired) electrons. The maximum atomic E-state index is 5.72. The third-order valence-corrected chi connectivity index (χ3v) is 4.32. The highest BCUT2D eigenvalue weighted by Gasteiger charge is 2.32. The van der Waals surface area contributed by atoms with Crippen molar-refractivity contribution in [2.45, 2.75) is 25.4 Å². The molecule has 0 amide bonds. The fourth-order valence-corrected chi connectivity index (χ4v) is 2.63. The molecule has 24 heavy (non-hydrogen) atoms. The van der Waals surface area contributed by atoms with Crippen molar-refractivity contribution in [2.24, 2.45) is 4.99 Å². The number of ether oxygens (including phenoxy) is 3. The van der Waals surface area contributed by atoms with Crippen LogP contribution in [0.2, 0.25) is 0 Å². The van der Waals surface area contributed by atoms with Gasteiger partial charge in [0, 0.05) is 46.8 Å². The van der Waals surface area contributed by atoms with Crippen LogP contribution in [0.3, 0.4) is 0 Å². The predicted octanol–water partition coefficient (Wildman–Crippen LogP) is 1.73. The van der Waals surface area contributed by atoms with Crippen LogP contribution in [-0.2, 0) is 9.47 Å². The van der Waals surface area contributed by atoms with Gasteiger partial charge < -0.3 is 24.8 Å². The number of benzene rings is 1. The second-order valence-electron chi connectivity index (χ2n) is 6.01. The van der Waals surface area contributed by atoms with Crippen LogP contribution in [-0.4, -0.2) is 58.6 Å². The highest BCUT2D eigenvalue weighted by atomic mass is 16.5. The summed E-state index contributed by atoms with van der Waals surface area (Å²) >= 11 is 0. The summed E-state index contributed by atoms with van der Waals surface area (Å²) < 4.78 is 16.8. The van der Waals surface area contributed by atoms with Crippen LogP contribution in [0.25, 0.3) is 0 Å². The molecule has 134 valence electrons. The minimum atomic E-state index is -0.172. The minimum Gasteiger partial charge on any atom is -0.492 e. The van der Waals surface area contributed by atoms with Crippen molar-refractivity contribution in [3.8, 4) is 5.75 Å². The molecule has 0 saturated carbocycles. The number of hydrogen-bond acceptors (Lipinski definition) is 4. The predicted molar refractivity (Wildman–Crippen MR) is 95.8 cm³/mol. The number of methoxy groups -OCH3 is 1. The zero-order valence-electron chi connectivity index (χ0n) is 14.9. The van der Waals surface area contributed by atoms with E-state index in [1.54, 1.807) is 14.2 Å². The molecule has 1 aliphatic rings. The van der Waals surface area contributed by atoms with E-state index in [0.29, 0.717) is 19.7 Å². The molecule has 6 heteroatoms. The average Bonchev–Trinajstić information content (AvgIpc) is 2.63. The van der Waals surface area contributed by atoms with E-state index in [1.165, 1.54) is 5.56 Å². The fourth-order valence-electron chi connectivity index (χ4n) is 2.63. The molecule has 6 nitrogen and oxygen atoms in total. The molecule has 1 aromatic rings. The molecule has 0 aliphatic carbocycles. The van der Waals surface area contributed by atoms with E-state index in [2.05, 4.69) is 22.5 Å². The Hall–Kier alpha value is -1.79. The molecule has 0 unspecified atom stereocenters. The Labute approximate surface area is 144 Å². The Morgan fingerprint density at radius 3 is 2.54 bits per heavy atom. The number of hydrogen-bond donors (Lipinski definition) is 2. The van der Waals surface area contributed by atoms with Gasteiger partial charge >= 0.3 is 0 Å². The fraction of sp³-hybridized carbons (Fsp3) is 0.611. The van der Waals surface area contributed by atoms with Gasteiger partial charge in [0.05, 0.1) is 12.1 Å². The highest BCUT2D eigenvalue weighted by molar-refractivity contribution is 5.79. The molecule has 0 aromatic heterocycles. The van der Waals surface area contributed by atoms with Crippen LogP contribution in [0.5, 0.6) is 5.75 Å². The van der Waals surface area contributed by atoms with Crippen molar-refractivity contribution in [3.05, 3.63) is 29.8 Å². The molecule has 2 rings (SSSR count). The summed E-state index contributed by atoms with van der Waals surface area (Å²) in [5, 5.41) is 6.60. The second kappa shape index (κ2) is 9.49. The van der Waals surface area contributed by atoms with Gasteiger partial charge in [0.2, 0.25) is 0 Å². The van der Waals surface area contributed by atoms with Gasteiger partial charge in [-0.2, -0.15) is 0 Å². The Bertz CT molecular complexity index is 511. The van der Waals surface area contributed by atoms with Crippen LogP contribution in [0.15, 0.2) is 29.3 Å². The van der Waals surface area contributed by atoms with Crippen molar-refractivity contribution in [1.82, 2.24) is 10.6 Å². The monoisotopic (exact) mass is 335 g/mol. The lowest BCUT2D eigenvalue weighted by molar-refractivity contribution is -0.0855. The molecular formula is C18H29N3O3. The minimum absolute atomic E-state index is 0.172. The number of nitrogens with zero attached hydrogens (tertiary/aromatic N) is 1. The maximum absolute atomic E-state index is 5.72. The lowest BCUT2D eigenvalue weighted by Gasteiger charge is -2.36. The Kier molecular flexibility index (Phi) is 7.34. The van der Waals surface area contributed by atoms with Crippen molar-refractivity contribution in [1.29, 1.82) is 0 Å². The van der Waals surface area contributed by atoms with Crippen LogP contribution in [0.4, 0.5) is 0 Å². The number of aryl methyl sites for hydroxylation is 1. The molecule has 1 saturated heterocycles. The topological polar surface area (TPSA) is 64.1 Å². The van der Waals surface area contributed by atoms with Gasteiger partial charge in [-0.25, -0.2) is 0 Å². The molecule has 1 heterocycles. The third-order valence-electron chi connectivity index (χ3n) is 4.32. The van der Waals surface area contributed by atoms with Gasteiger partial charge in [0.1, 0.15) is 12.4 Å². The SMILES string of the molecule is CN=C(NCCOc1ccc(C)cc1)NCC1(OC)CCOCC1. The number of guanidine groups is 1. The number of rotatable bonds is 7. The van der Waals surface area contributed by atoms with Crippen molar-refractivity contribution < 1.29 is 14.2 Å². The van der Waals surface area contributed by atoms with Crippen LogP contribution >= 0.6 is 0 Å². The second-order valence-corrected chi connectivity index (χ2v) is 6.01. The lowest BCUT2D eigenvalue weighted by atomic mass is 9.94. The lowest BCUT2D eigenvalue weighted by Crippen LogP contribution is -2.51. The van der Waals surface area contributed by atoms with E-state index in [0.717, 1.165) is 37.8 Å². The first-order valence-corrected chi connectivity index (χ1v) is 8.44. The summed E-state index contributed by atoms with van der Waals surface area (Å²) in [5.74, 6) is 1.64. The van der Waals surface area contributed by atoms with E-state index < -0.39 is 0 Å². The summed E-state index contributed by atoms with van der Waals surface area (Å²) in [4.78, 5) is 4.25. The Balaban J connectivity index is 1.69. The van der Waals surface area contributed by atoms with Gasteiger partial charge in [0.15, 0.2) is 5.96 Å². The van der Waals surface area contributed by atoms with E-state index in [-0.39, 0.29) is 5.60 Å². The van der Waals surface area contributed by atoms with Crippen molar-refractivity contribution in [2.75, 3.05) is 47.1 Å². The van der Waals surface area contributed by atoms with E-state index in [9.17, 15) is 0 Å². The first-order chi connectivity index (χ1) is 11.7. The number of aliphatic imine (C=N–C) groups is 1. The summed E-state index contributed by atoms with van der Waals surface area (Å²) in [6.07, 6.45) is 1.79. The van der Waals surface area contributed by atoms with E-state index in [1.807, 2.05) is 24.3 Å².